The number of nitrogens with zero attached hydrogens (tertiary/aromatic N) is 3. The van der Waals surface area contributed by atoms with Gasteiger partial charge in [-0.05, 0) is 24.3 Å². The van der Waals surface area contributed by atoms with E-state index in [-0.39, 0.29) is 5.75 Å². The molecule has 0 fully saturated rings. The molecule has 3 aromatic rings. The summed E-state index contributed by atoms with van der Waals surface area (Å²) in [6.07, 6.45) is 3.09. The maximum atomic E-state index is 9.21. The number of aromatic hydroxyl groups is 1. The molecule has 0 bridgehead atoms. The number of fused-ring (bicyclic) bond motifs is 1. The molecule has 6 heteroatoms. The Hall–Kier alpha value is -2.08. The maximum absolute atomic E-state index is 9.21. The zero-order valence-electron chi connectivity index (χ0n) is 8.66. The van der Waals surface area contributed by atoms with Gasteiger partial charge in [0.1, 0.15) is 22.6 Å². The molecule has 1 aromatic carbocycles. The highest BCUT2D eigenvalue weighted by atomic mass is 32.2. The molecule has 84 valence electrons. The van der Waals surface area contributed by atoms with E-state index in [1.165, 1.54) is 18.1 Å². The third-order valence-corrected chi connectivity index (χ3v) is 3.25. The third-order valence-electron chi connectivity index (χ3n) is 2.24. The van der Waals surface area contributed by atoms with Crippen molar-refractivity contribution in [2.24, 2.45) is 0 Å². The number of nitrogens with one attached hydrogen (secondary N) is 1. The van der Waals surface area contributed by atoms with E-state index in [4.69, 9.17) is 0 Å². The fraction of sp³-hybridized carbons (Fsp3) is 0. The van der Waals surface area contributed by atoms with Crippen molar-refractivity contribution in [3.05, 3.63) is 36.9 Å². The van der Waals surface area contributed by atoms with Gasteiger partial charge >= 0.3 is 0 Å². The molecule has 0 unspecified atom stereocenters. The highest BCUT2D eigenvalue weighted by molar-refractivity contribution is 7.99. The van der Waals surface area contributed by atoms with Gasteiger partial charge in [0.15, 0.2) is 5.65 Å². The number of imidazole rings is 1. The van der Waals surface area contributed by atoms with Gasteiger partial charge in [0.2, 0.25) is 0 Å². The second kappa shape index (κ2) is 4.06. The van der Waals surface area contributed by atoms with Crippen LogP contribution >= 0.6 is 11.8 Å². The van der Waals surface area contributed by atoms with Crippen molar-refractivity contribution in [2.45, 2.75) is 9.92 Å². The molecule has 0 atom stereocenters. The molecule has 0 spiro atoms. The quantitative estimate of drug-likeness (QED) is 0.676. The van der Waals surface area contributed by atoms with Crippen molar-refractivity contribution in [1.29, 1.82) is 0 Å². The standard InChI is InChI=1S/C11H8N4OS/c16-7-1-3-8(4-2-7)17-11-9-10(13-5-12-9)14-6-15-11/h1-6,16H,(H,12,13,14,15). The smallest absolute Gasteiger partial charge is 0.181 e. The molecule has 0 aliphatic heterocycles. The molecule has 3 rings (SSSR count). The van der Waals surface area contributed by atoms with Gasteiger partial charge in [0.25, 0.3) is 0 Å². The molecule has 2 N–H and O–H groups in total. The van der Waals surface area contributed by atoms with Crippen LogP contribution in [0.15, 0.2) is 46.8 Å². The lowest BCUT2D eigenvalue weighted by Gasteiger charge is -2.01. The van der Waals surface area contributed by atoms with Crippen LogP contribution in [0.3, 0.4) is 0 Å². The van der Waals surface area contributed by atoms with Crippen LogP contribution in [-0.2, 0) is 0 Å². The van der Waals surface area contributed by atoms with Crippen LogP contribution in [0.25, 0.3) is 11.2 Å². The number of rotatable bonds is 2. The monoisotopic (exact) mass is 244 g/mol. The normalized spacial score (nSPS) is 10.8. The first-order chi connectivity index (χ1) is 8.33. The minimum atomic E-state index is 0.253. The average Bonchev–Trinajstić information content (AvgIpc) is 2.81. The van der Waals surface area contributed by atoms with Gasteiger partial charge in [-0.1, -0.05) is 11.8 Å². The van der Waals surface area contributed by atoms with Crippen molar-refractivity contribution in [3.8, 4) is 5.75 Å². The van der Waals surface area contributed by atoms with E-state index in [0.29, 0.717) is 5.65 Å². The van der Waals surface area contributed by atoms with Gasteiger partial charge in [0.05, 0.1) is 6.33 Å². The lowest BCUT2D eigenvalue weighted by molar-refractivity contribution is 0.475. The Balaban J connectivity index is 1.99. The number of aromatic nitrogens is 4. The summed E-state index contributed by atoms with van der Waals surface area (Å²) in [5, 5.41) is 10.0. The number of hydrogen-bond donors (Lipinski definition) is 2. The molecule has 0 amide bonds. The van der Waals surface area contributed by atoms with Crippen LogP contribution in [0.1, 0.15) is 0 Å². The predicted molar refractivity (Wildman–Crippen MR) is 63.9 cm³/mol. The van der Waals surface area contributed by atoms with Crippen molar-refractivity contribution >= 4 is 22.9 Å². The Bertz CT molecular complexity index is 650. The van der Waals surface area contributed by atoms with Crippen molar-refractivity contribution in [1.82, 2.24) is 19.9 Å². The van der Waals surface area contributed by atoms with Crippen LogP contribution in [0, 0.1) is 0 Å². The van der Waals surface area contributed by atoms with Gasteiger partial charge in [-0.15, -0.1) is 0 Å². The summed E-state index contributed by atoms with van der Waals surface area (Å²) < 4.78 is 0. The van der Waals surface area contributed by atoms with E-state index >= 15 is 0 Å². The van der Waals surface area contributed by atoms with Gasteiger partial charge < -0.3 is 10.1 Å². The van der Waals surface area contributed by atoms with Gasteiger partial charge in [-0.2, -0.15) is 0 Å². The first-order valence-corrected chi connectivity index (χ1v) is 5.75. The van der Waals surface area contributed by atoms with E-state index in [0.717, 1.165) is 15.4 Å². The molecule has 17 heavy (non-hydrogen) atoms. The minimum Gasteiger partial charge on any atom is -0.508 e. The van der Waals surface area contributed by atoms with E-state index in [1.54, 1.807) is 18.5 Å². The number of phenolic OH excluding ortho intramolecular Hbond substituents is 1. The maximum Gasteiger partial charge on any atom is 0.181 e. The number of phenols is 1. The number of hydrogen-bond acceptors (Lipinski definition) is 5. The van der Waals surface area contributed by atoms with E-state index in [1.807, 2.05) is 12.1 Å². The molecule has 0 saturated carbocycles. The molecule has 5 nitrogen and oxygen atoms in total. The summed E-state index contributed by atoms with van der Waals surface area (Å²) >= 11 is 1.50. The van der Waals surface area contributed by atoms with Crippen LogP contribution in [0.5, 0.6) is 5.75 Å². The number of H-pyrrole nitrogens is 1. The second-order valence-electron chi connectivity index (χ2n) is 3.38. The first-order valence-electron chi connectivity index (χ1n) is 4.94. The van der Waals surface area contributed by atoms with Crippen LogP contribution in [-0.4, -0.2) is 25.0 Å². The van der Waals surface area contributed by atoms with Crippen molar-refractivity contribution in [3.63, 3.8) is 0 Å². The topological polar surface area (TPSA) is 74.7 Å². The Morgan fingerprint density at radius 2 is 1.88 bits per heavy atom. The summed E-state index contributed by atoms with van der Waals surface area (Å²) in [6.45, 7) is 0. The second-order valence-corrected chi connectivity index (χ2v) is 4.44. The zero-order chi connectivity index (χ0) is 11.7. The third kappa shape index (κ3) is 1.94. The Labute approximate surface area is 101 Å². The highest BCUT2D eigenvalue weighted by Crippen LogP contribution is 2.30. The van der Waals surface area contributed by atoms with Crippen LogP contribution in [0.4, 0.5) is 0 Å². The fourth-order valence-corrected chi connectivity index (χ4v) is 2.29. The summed E-state index contributed by atoms with van der Waals surface area (Å²) in [5.74, 6) is 0.253. The largest absolute Gasteiger partial charge is 0.508 e. The molecular weight excluding hydrogens is 236 g/mol. The predicted octanol–water partition coefficient (Wildman–Crippen LogP) is 2.21. The number of benzene rings is 1. The first kappa shape index (κ1) is 10.1. The average molecular weight is 244 g/mol. The molecular formula is C11H8N4OS. The summed E-state index contributed by atoms with van der Waals surface area (Å²) in [6, 6.07) is 6.97. The Morgan fingerprint density at radius 1 is 1.06 bits per heavy atom. The fourth-order valence-electron chi connectivity index (χ4n) is 1.45. The van der Waals surface area contributed by atoms with E-state index < -0.39 is 0 Å². The SMILES string of the molecule is Oc1ccc(Sc2ncnc3nc[nH]c23)cc1. The molecule has 2 aromatic heterocycles. The molecule has 0 aliphatic carbocycles. The molecule has 0 aliphatic rings. The summed E-state index contributed by atoms with van der Waals surface area (Å²) in [5.41, 5.74) is 1.48. The van der Waals surface area contributed by atoms with Crippen LogP contribution < -0.4 is 0 Å². The number of aromatic amines is 1. The van der Waals surface area contributed by atoms with Crippen LogP contribution in [0.2, 0.25) is 0 Å². The summed E-state index contributed by atoms with van der Waals surface area (Å²) in [4.78, 5) is 16.4. The van der Waals surface area contributed by atoms with Gasteiger partial charge in [-0.25, -0.2) is 15.0 Å². The zero-order valence-corrected chi connectivity index (χ0v) is 9.48. The Morgan fingerprint density at radius 3 is 2.71 bits per heavy atom. The summed E-state index contributed by atoms with van der Waals surface area (Å²) in [7, 11) is 0. The van der Waals surface area contributed by atoms with Crippen molar-refractivity contribution in [2.75, 3.05) is 0 Å². The van der Waals surface area contributed by atoms with E-state index in [9.17, 15) is 5.11 Å². The Kier molecular flexibility index (Phi) is 2.41. The highest BCUT2D eigenvalue weighted by Gasteiger charge is 2.07. The minimum absolute atomic E-state index is 0.253. The molecule has 2 heterocycles. The van der Waals surface area contributed by atoms with Gasteiger partial charge in [0, 0.05) is 4.90 Å². The molecule has 0 saturated heterocycles. The van der Waals surface area contributed by atoms with E-state index in [2.05, 4.69) is 19.9 Å². The molecule has 0 radical (unpaired) electrons. The lowest BCUT2D eigenvalue weighted by atomic mass is 10.3. The van der Waals surface area contributed by atoms with Crippen molar-refractivity contribution < 1.29 is 5.11 Å². The van der Waals surface area contributed by atoms with Gasteiger partial charge in [-0.3, -0.25) is 0 Å². The lowest BCUT2D eigenvalue weighted by Crippen LogP contribution is -1.85.